The molecule has 4 rings (SSSR count). The first-order chi connectivity index (χ1) is 14.7. The number of nitrogens with one attached hydrogen (secondary N) is 1. The van der Waals surface area contributed by atoms with Gasteiger partial charge in [-0.3, -0.25) is 4.79 Å². The van der Waals surface area contributed by atoms with Crippen LogP contribution >= 0.6 is 0 Å². The van der Waals surface area contributed by atoms with Gasteiger partial charge in [0.2, 0.25) is 0 Å². The van der Waals surface area contributed by atoms with Crippen LogP contribution in [0.25, 0.3) is 11.1 Å². The first-order valence-electron chi connectivity index (χ1n) is 10.4. The molecule has 1 N–H and O–H groups in total. The normalized spacial score (nSPS) is 15.5. The smallest absolute Gasteiger partial charge is 0.187 e. The fraction of sp³-hybridized carbons (Fsp3) is 0.320. The van der Waals surface area contributed by atoms with Crippen LogP contribution in [0, 0.1) is 5.92 Å². The van der Waals surface area contributed by atoms with Crippen molar-refractivity contribution in [2.24, 2.45) is 13.0 Å². The van der Waals surface area contributed by atoms with Crippen molar-refractivity contribution in [1.82, 2.24) is 4.57 Å². The molecule has 1 atom stereocenters. The number of nitrogens with zero attached hydrogens (tertiary/aromatic N) is 1. The minimum absolute atomic E-state index is 0.115. The van der Waals surface area contributed by atoms with E-state index >= 15 is 0 Å². The highest BCUT2D eigenvalue weighted by Crippen LogP contribution is 2.31. The Balaban J connectivity index is 1.69. The van der Waals surface area contributed by atoms with Crippen LogP contribution in [0.4, 0.5) is 5.69 Å². The van der Waals surface area contributed by atoms with Crippen molar-refractivity contribution in [3.63, 3.8) is 0 Å². The van der Waals surface area contributed by atoms with Crippen LogP contribution in [0.1, 0.15) is 23.2 Å². The lowest BCUT2D eigenvalue weighted by molar-refractivity contribution is 0.0565. The number of methoxy groups -OCH3 is 1. The van der Waals surface area contributed by atoms with Crippen molar-refractivity contribution in [3.05, 3.63) is 72.6 Å². The van der Waals surface area contributed by atoms with Gasteiger partial charge in [-0.2, -0.15) is 0 Å². The quantitative estimate of drug-likeness (QED) is 0.575. The molecule has 0 saturated carbocycles. The van der Waals surface area contributed by atoms with Crippen molar-refractivity contribution >= 4 is 11.5 Å². The molecule has 0 radical (unpaired) electrons. The Morgan fingerprint density at radius 1 is 1.10 bits per heavy atom. The summed E-state index contributed by atoms with van der Waals surface area (Å²) in [5.41, 5.74) is 3.65. The lowest BCUT2D eigenvalue weighted by Gasteiger charge is -2.31. The van der Waals surface area contributed by atoms with Crippen molar-refractivity contribution in [2.45, 2.75) is 18.9 Å². The summed E-state index contributed by atoms with van der Waals surface area (Å²) in [6.07, 6.45) is 5.68. The number of carbonyl (C=O) groups excluding carboxylic acids is 1. The second kappa shape index (κ2) is 9.18. The third kappa shape index (κ3) is 4.41. The average molecular weight is 405 g/mol. The number of Topliss-reactive ketones (excluding diaryl/α,β-unsaturated/α-hetero) is 1. The molecular weight excluding hydrogens is 376 g/mol. The zero-order valence-electron chi connectivity index (χ0n) is 17.5. The summed E-state index contributed by atoms with van der Waals surface area (Å²) in [5.74, 6) is 1.09. The summed E-state index contributed by atoms with van der Waals surface area (Å²) in [7, 11) is 3.61. The van der Waals surface area contributed by atoms with Gasteiger partial charge >= 0.3 is 0 Å². The molecular formula is C25H28N2O3. The predicted molar refractivity (Wildman–Crippen MR) is 119 cm³/mol. The highest BCUT2D eigenvalue weighted by atomic mass is 16.5. The Kier molecular flexibility index (Phi) is 6.19. The van der Waals surface area contributed by atoms with Crippen LogP contribution in [0.3, 0.4) is 0 Å². The number of anilines is 1. The number of hydrogen-bond acceptors (Lipinski definition) is 4. The van der Waals surface area contributed by atoms with Crippen molar-refractivity contribution in [2.75, 3.05) is 25.6 Å². The highest BCUT2D eigenvalue weighted by Gasteiger charge is 2.32. The van der Waals surface area contributed by atoms with Gasteiger partial charge in [-0.1, -0.05) is 36.4 Å². The van der Waals surface area contributed by atoms with Crippen LogP contribution in [-0.2, 0) is 11.8 Å². The van der Waals surface area contributed by atoms with Crippen molar-refractivity contribution < 1.29 is 14.3 Å². The summed E-state index contributed by atoms with van der Waals surface area (Å²) in [6, 6.07) is 17.5. The van der Waals surface area contributed by atoms with Gasteiger partial charge in [0, 0.05) is 55.5 Å². The van der Waals surface area contributed by atoms with E-state index < -0.39 is 0 Å². The standard InChI is InChI=1S/C25H28N2O3/c1-27-16-22(18-7-4-3-5-8-18)23(17-27)25(28)24(19-11-13-30-14-12-19)26-20-9-6-10-21(15-20)29-2/h3-10,15-17,19,24,26H,11-14H2,1-2H3. The van der Waals surface area contributed by atoms with E-state index in [-0.39, 0.29) is 17.7 Å². The van der Waals surface area contributed by atoms with Crippen LogP contribution in [-0.4, -0.2) is 36.7 Å². The molecule has 5 heteroatoms. The summed E-state index contributed by atoms with van der Waals surface area (Å²) < 4.78 is 12.9. The first-order valence-corrected chi connectivity index (χ1v) is 10.4. The molecule has 1 fully saturated rings. The molecule has 0 aliphatic carbocycles. The van der Waals surface area contributed by atoms with Gasteiger partial charge in [-0.15, -0.1) is 0 Å². The molecule has 156 valence electrons. The molecule has 1 unspecified atom stereocenters. The summed E-state index contributed by atoms with van der Waals surface area (Å²) in [6.45, 7) is 1.38. The number of aryl methyl sites for hydroxylation is 1. The molecule has 0 bridgehead atoms. The Morgan fingerprint density at radius 2 is 1.87 bits per heavy atom. The fourth-order valence-electron chi connectivity index (χ4n) is 4.13. The zero-order chi connectivity index (χ0) is 20.9. The summed E-state index contributed by atoms with van der Waals surface area (Å²) >= 11 is 0. The summed E-state index contributed by atoms with van der Waals surface area (Å²) in [4.78, 5) is 13.9. The number of aromatic nitrogens is 1. The average Bonchev–Trinajstić information content (AvgIpc) is 3.20. The minimum Gasteiger partial charge on any atom is -0.497 e. The number of rotatable bonds is 7. The van der Waals surface area contributed by atoms with Crippen LogP contribution in [0.2, 0.25) is 0 Å². The molecule has 0 amide bonds. The lowest BCUT2D eigenvalue weighted by Crippen LogP contribution is -2.40. The van der Waals surface area contributed by atoms with E-state index in [0.29, 0.717) is 13.2 Å². The fourth-order valence-corrected chi connectivity index (χ4v) is 4.13. The molecule has 30 heavy (non-hydrogen) atoms. The van der Waals surface area contributed by atoms with E-state index in [2.05, 4.69) is 5.32 Å². The largest absolute Gasteiger partial charge is 0.497 e. The monoisotopic (exact) mass is 404 g/mol. The highest BCUT2D eigenvalue weighted by molar-refractivity contribution is 6.07. The van der Waals surface area contributed by atoms with Crippen LogP contribution in [0.5, 0.6) is 5.75 Å². The molecule has 2 aromatic carbocycles. The SMILES string of the molecule is COc1cccc(NC(C(=O)c2cn(C)cc2-c2ccccc2)C2CCOCC2)c1. The Morgan fingerprint density at radius 3 is 2.60 bits per heavy atom. The maximum absolute atomic E-state index is 13.9. The van der Waals surface area contributed by atoms with Gasteiger partial charge in [-0.05, 0) is 36.5 Å². The number of hydrogen-bond donors (Lipinski definition) is 1. The molecule has 1 aliphatic rings. The molecule has 1 aromatic heterocycles. The van der Waals surface area contributed by atoms with Crippen LogP contribution in [0.15, 0.2) is 67.0 Å². The number of benzene rings is 2. The topological polar surface area (TPSA) is 52.5 Å². The second-order valence-corrected chi connectivity index (χ2v) is 7.79. The van der Waals surface area contributed by atoms with Gasteiger partial charge < -0.3 is 19.4 Å². The molecule has 2 heterocycles. The van der Waals surface area contributed by atoms with Gasteiger partial charge in [0.15, 0.2) is 5.78 Å². The third-order valence-electron chi connectivity index (χ3n) is 5.72. The van der Waals surface area contributed by atoms with E-state index in [9.17, 15) is 4.79 Å². The maximum atomic E-state index is 13.9. The van der Waals surface area contributed by atoms with Crippen molar-refractivity contribution in [3.8, 4) is 16.9 Å². The number of ketones is 1. The zero-order valence-corrected chi connectivity index (χ0v) is 17.5. The molecule has 1 aliphatic heterocycles. The van der Waals surface area contributed by atoms with Gasteiger partial charge in [-0.25, -0.2) is 0 Å². The van der Waals surface area contributed by atoms with Crippen molar-refractivity contribution in [1.29, 1.82) is 0 Å². The first kappa shape index (κ1) is 20.2. The van der Waals surface area contributed by atoms with E-state index in [4.69, 9.17) is 9.47 Å². The number of ether oxygens (including phenoxy) is 2. The van der Waals surface area contributed by atoms with E-state index in [0.717, 1.165) is 41.0 Å². The van der Waals surface area contributed by atoms with Gasteiger partial charge in [0.1, 0.15) is 5.75 Å². The van der Waals surface area contributed by atoms with E-state index in [1.807, 2.05) is 78.6 Å². The maximum Gasteiger partial charge on any atom is 0.187 e. The third-order valence-corrected chi connectivity index (χ3v) is 5.72. The second-order valence-electron chi connectivity index (χ2n) is 7.79. The molecule has 0 spiro atoms. The lowest BCUT2D eigenvalue weighted by atomic mass is 9.85. The molecule has 5 nitrogen and oxygen atoms in total. The Bertz CT molecular complexity index is 991. The Labute approximate surface area is 177 Å². The minimum atomic E-state index is -0.328. The van der Waals surface area contributed by atoms with Gasteiger partial charge in [0.05, 0.1) is 13.2 Å². The molecule has 1 saturated heterocycles. The van der Waals surface area contributed by atoms with E-state index in [1.54, 1.807) is 7.11 Å². The molecule has 3 aromatic rings. The van der Waals surface area contributed by atoms with Crippen LogP contribution < -0.4 is 10.1 Å². The number of carbonyl (C=O) groups is 1. The Hall–Kier alpha value is -3.05. The predicted octanol–water partition coefficient (Wildman–Crippen LogP) is 4.79. The van der Waals surface area contributed by atoms with E-state index in [1.165, 1.54) is 0 Å². The summed E-state index contributed by atoms with van der Waals surface area (Å²) in [5, 5.41) is 3.52. The van der Waals surface area contributed by atoms with Gasteiger partial charge in [0.25, 0.3) is 0 Å².